The second-order valence-corrected chi connectivity index (χ2v) is 5.82. The van der Waals surface area contributed by atoms with E-state index >= 15 is 0 Å². The summed E-state index contributed by atoms with van der Waals surface area (Å²) in [6, 6.07) is 27.3. The summed E-state index contributed by atoms with van der Waals surface area (Å²) in [5.41, 5.74) is 3.71. The summed E-state index contributed by atoms with van der Waals surface area (Å²) in [5.74, 6) is 0.622. The third-order valence-corrected chi connectivity index (χ3v) is 4.03. The number of aromatic nitrogens is 3. The molecule has 0 amide bonds. The van der Waals surface area contributed by atoms with E-state index in [-0.39, 0.29) is 5.88 Å². The molecule has 0 radical (unpaired) electrons. The minimum absolute atomic E-state index is 0.0496. The fourth-order valence-electron chi connectivity index (χ4n) is 2.79. The van der Waals surface area contributed by atoms with Crippen molar-refractivity contribution in [2.45, 2.75) is 0 Å². The highest BCUT2D eigenvalue weighted by Crippen LogP contribution is 2.28. The van der Waals surface area contributed by atoms with Crippen LogP contribution in [0.15, 0.2) is 91.1 Å². The largest absolute Gasteiger partial charge is 0.493 e. The number of hydrogen-bond donors (Lipinski definition) is 1. The number of aromatic hydroxyl groups is 1. The molecule has 0 atom stereocenters. The van der Waals surface area contributed by atoms with E-state index in [1.54, 1.807) is 18.3 Å². The first kappa shape index (κ1) is 15.8. The standard InChI is InChI=1S/C22H17N3O/c26-22-16-20(24-25(22)21-13-7-8-14-23-21)19(18-11-5-2-6-12-18)15-17-9-3-1-4-10-17/h1-16,26H/b19-15+. The van der Waals surface area contributed by atoms with Crippen LogP contribution in [-0.4, -0.2) is 19.9 Å². The average molecular weight is 339 g/mol. The summed E-state index contributed by atoms with van der Waals surface area (Å²) in [6.45, 7) is 0. The van der Waals surface area contributed by atoms with Gasteiger partial charge in [-0.1, -0.05) is 66.7 Å². The van der Waals surface area contributed by atoms with Gasteiger partial charge in [0.05, 0.1) is 5.69 Å². The normalized spacial score (nSPS) is 11.5. The molecule has 0 bridgehead atoms. The Morgan fingerprint density at radius 2 is 1.54 bits per heavy atom. The van der Waals surface area contributed by atoms with Crippen molar-refractivity contribution in [2.24, 2.45) is 0 Å². The fourth-order valence-corrected chi connectivity index (χ4v) is 2.79. The second-order valence-electron chi connectivity index (χ2n) is 5.82. The Bertz CT molecular complexity index is 1020. The number of nitrogens with zero attached hydrogens (tertiary/aromatic N) is 3. The Kier molecular flexibility index (Phi) is 4.31. The molecule has 2 aromatic heterocycles. The Hall–Kier alpha value is -3.66. The molecule has 0 aliphatic heterocycles. The van der Waals surface area contributed by atoms with Gasteiger partial charge < -0.3 is 5.11 Å². The Balaban J connectivity index is 1.84. The summed E-state index contributed by atoms with van der Waals surface area (Å²) in [5, 5.41) is 15.0. The minimum Gasteiger partial charge on any atom is -0.493 e. The molecule has 0 saturated heterocycles. The van der Waals surface area contributed by atoms with Gasteiger partial charge in [0.2, 0.25) is 5.88 Å². The third kappa shape index (κ3) is 3.26. The fraction of sp³-hybridized carbons (Fsp3) is 0. The van der Waals surface area contributed by atoms with Gasteiger partial charge in [-0.25, -0.2) is 4.98 Å². The highest BCUT2D eigenvalue weighted by Gasteiger charge is 2.14. The first-order valence-corrected chi connectivity index (χ1v) is 8.34. The van der Waals surface area contributed by atoms with Gasteiger partial charge in [0, 0.05) is 17.8 Å². The Morgan fingerprint density at radius 3 is 2.23 bits per heavy atom. The van der Waals surface area contributed by atoms with E-state index in [4.69, 9.17) is 0 Å². The summed E-state index contributed by atoms with van der Waals surface area (Å²) in [7, 11) is 0. The van der Waals surface area contributed by atoms with Crippen molar-refractivity contribution in [1.82, 2.24) is 14.8 Å². The number of hydrogen-bond acceptors (Lipinski definition) is 3. The molecule has 26 heavy (non-hydrogen) atoms. The first-order valence-electron chi connectivity index (χ1n) is 8.34. The monoisotopic (exact) mass is 339 g/mol. The van der Waals surface area contributed by atoms with Gasteiger partial charge in [-0.2, -0.15) is 9.78 Å². The Morgan fingerprint density at radius 1 is 0.846 bits per heavy atom. The lowest BCUT2D eigenvalue weighted by atomic mass is 10.00. The van der Waals surface area contributed by atoms with Crippen LogP contribution in [-0.2, 0) is 0 Å². The van der Waals surface area contributed by atoms with Crippen molar-refractivity contribution in [1.29, 1.82) is 0 Å². The van der Waals surface area contributed by atoms with E-state index in [2.05, 4.69) is 16.2 Å². The molecule has 0 fully saturated rings. The molecule has 1 N–H and O–H groups in total. The number of rotatable bonds is 4. The molecule has 0 aliphatic rings. The van der Waals surface area contributed by atoms with Gasteiger partial charge in [-0.3, -0.25) is 0 Å². The van der Waals surface area contributed by atoms with Gasteiger partial charge in [-0.15, -0.1) is 0 Å². The van der Waals surface area contributed by atoms with Crippen molar-refractivity contribution in [2.75, 3.05) is 0 Å². The first-order chi connectivity index (χ1) is 12.8. The number of benzene rings is 2. The van der Waals surface area contributed by atoms with Crippen molar-refractivity contribution in [3.8, 4) is 11.7 Å². The van der Waals surface area contributed by atoms with Crippen LogP contribution in [0.3, 0.4) is 0 Å². The van der Waals surface area contributed by atoms with Crippen molar-refractivity contribution in [3.63, 3.8) is 0 Å². The van der Waals surface area contributed by atoms with Crippen LogP contribution in [0.5, 0.6) is 5.88 Å². The molecule has 2 heterocycles. The lowest BCUT2D eigenvalue weighted by Crippen LogP contribution is -1.99. The maximum Gasteiger partial charge on any atom is 0.216 e. The van der Waals surface area contributed by atoms with Gasteiger partial charge in [-0.05, 0) is 29.3 Å². The smallest absolute Gasteiger partial charge is 0.216 e. The van der Waals surface area contributed by atoms with E-state index in [0.29, 0.717) is 11.5 Å². The van der Waals surface area contributed by atoms with Crippen LogP contribution in [0.4, 0.5) is 0 Å². The zero-order chi connectivity index (χ0) is 17.8. The zero-order valence-electron chi connectivity index (χ0n) is 14.0. The number of pyridine rings is 1. The van der Waals surface area contributed by atoms with E-state index in [0.717, 1.165) is 16.7 Å². The van der Waals surface area contributed by atoms with Crippen LogP contribution < -0.4 is 0 Å². The lowest BCUT2D eigenvalue weighted by molar-refractivity contribution is 0.432. The van der Waals surface area contributed by atoms with Crippen LogP contribution in [0.1, 0.15) is 16.8 Å². The Labute approximate surface area is 151 Å². The van der Waals surface area contributed by atoms with Crippen LogP contribution in [0.2, 0.25) is 0 Å². The average Bonchev–Trinajstić information content (AvgIpc) is 3.09. The van der Waals surface area contributed by atoms with Crippen molar-refractivity contribution in [3.05, 3.63) is 108 Å². The van der Waals surface area contributed by atoms with Gasteiger partial charge in [0.15, 0.2) is 5.82 Å². The molecule has 4 aromatic rings. The molecule has 0 aliphatic carbocycles. The van der Waals surface area contributed by atoms with Gasteiger partial charge >= 0.3 is 0 Å². The SMILES string of the molecule is Oc1cc(/C(=C/c2ccccc2)c2ccccc2)nn1-c1ccccn1. The van der Waals surface area contributed by atoms with E-state index in [1.165, 1.54) is 4.68 Å². The minimum atomic E-state index is 0.0496. The maximum absolute atomic E-state index is 10.4. The lowest BCUT2D eigenvalue weighted by Gasteiger charge is -2.06. The molecule has 4 nitrogen and oxygen atoms in total. The van der Waals surface area contributed by atoms with Crippen LogP contribution in [0, 0.1) is 0 Å². The van der Waals surface area contributed by atoms with Crippen LogP contribution >= 0.6 is 0 Å². The summed E-state index contributed by atoms with van der Waals surface area (Å²) in [4.78, 5) is 4.26. The molecule has 2 aromatic carbocycles. The summed E-state index contributed by atoms with van der Waals surface area (Å²) in [6.07, 6.45) is 3.74. The van der Waals surface area contributed by atoms with E-state index in [9.17, 15) is 5.11 Å². The molecule has 4 rings (SSSR count). The molecular weight excluding hydrogens is 322 g/mol. The summed E-state index contributed by atoms with van der Waals surface area (Å²) >= 11 is 0. The molecule has 0 spiro atoms. The van der Waals surface area contributed by atoms with Gasteiger partial charge in [0.1, 0.15) is 0 Å². The van der Waals surface area contributed by atoms with E-state index < -0.39 is 0 Å². The van der Waals surface area contributed by atoms with Crippen LogP contribution in [0.25, 0.3) is 17.5 Å². The molecule has 0 unspecified atom stereocenters. The highest BCUT2D eigenvalue weighted by molar-refractivity contribution is 5.90. The molecular formula is C22H17N3O. The molecule has 126 valence electrons. The van der Waals surface area contributed by atoms with Crippen molar-refractivity contribution >= 4 is 11.6 Å². The third-order valence-electron chi connectivity index (χ3n) is 4.03. The second kappa shape index (κ2) is 7.07. The summed E-state index contributed by atoms with van der Waals surface area (Å²) < 4.78 is 1.44. The topological polar surface area (TPSA) is 50.9 Å². The maximum atomic E-state index is 10.4. The highest BCUT2D eigenvalue weighted by atomic mass is 16.3. The van der Waals surface area contributed by atoms with Gasteiger partial charge in [0.25, 0.3) is 0 Å². The quantitative estimate of drug-likeness (QED) is 0.555. The molecule has 4 heteroatoms. The zero-order valence-corrected chi connectivity index (χ0v) is 14.0. The predicted molar refractivity (Wildman–Crippen MR) is 103 cm³/mol. The van der Waals surface area contributed by atoms with Crippen molar-refractivity contribution < 1.29 is 5.11 Å². The predicted octanol–water partition coefficient (Wildman–Crippen LogP) is 4.56. The molecule has 0 saturated carbocycles. The van der Waals surface area contributed by atoms with E-state index in [1.807, 2.05) is 72.8 Å².